The summed E-state index contributed by atoms with van der Waals surface area (Å²) in [6.07, 6.45) is 0.253. The van der Waals surface area contributed by atoms with Crippen molar-refractivity contribution in [3.8, 4) is 23.0 Å². The van der Waals surface area contributed by atoms with Crippen LogP contribution in [0.1, 0.15) is 11.1 Å². The van der Waals surface area contributed by atoms with Crippen LogP contribution >= 0.6 is 0 Å². The smallest absolute Gasteiger partial charge is 0.259 e. The molecule has 148 valence electrons. The molecule has 2 aromatic rings. The maximum Gasteiger partial charge on any atom is 0.259 e. The Balaban J connectivity index is 2.10. The molecule has 1 aliphatic rings. The number of nitrogens with zero attached hydrogens (tertiary/aromatic N) is 1. The standard InChI is InChI=1S/C20H23N3O5/c1-25-14-7-5-13(6-8-14)20(18(24)22-19(21)23-20)11-12-9-15(26-2)17(28-4)16(10-12)27-3/h5-10H,11H2,1-4H3,(H3,21,22,23,24)/t20-/m1/s1. The lowest BCUT2D eigenvalue weighted by Crippen LogP contribution is -2.40. The first-order chi connectivity index (χ1) is 13.5. The number of aliphatic imine (C=N–C) groups is 1. The third-order valence-corrected chi connectivity index (χ3v) is 4.68. The molecular formula is C20H23N3O5. The average molecular weight is 385 g/mol. The van der Waals surface area contributed by atoms with E-state index in [4.69, 9.17) is 24.7 Å². The second-order valence-corrected chi connectivity index (χ2v) is 6.25. The van der Waals surface area contributed by atoms with Crippen molar-refractivity contribution in [3.63, 3.8) is 0 Å². The van der Waals surface area contributed by atoms with Crippen LogP contribution in [0.3, 0.4) is 0 Å². The fourth-order valence-corrected chi connectivity index (χ4v) is 3.32. The van der Waals surface area contributed by atoms with E-state index in [0.29, 0.717) is 28.6 Å². The first-order valence-electron chi connectivity index (χ1n) is 8.57. The summed E-state index contributed by atoms with van der Waals surface area (Å²) in [5, 5.41) is 2.61. The topological polar surface area (TPSA) is 104 Å². The van der Waals surface area contributed by atoms with E-state index in [1.165, 1.54) is 7.11 Å². The maximum absolute atomic E-state index is 12.9. The number of nitrogens with one attached hydrogen (secondary N) is 1. The van der Waals surface area contributed by atoms with E-state index in [0.717, 1.165) is 5.56 Å². The SMILES string of the molecule is COc1ccc([C@@]2(Cc3cc(OC)c(OC)c(OC)c3)N=C(N)NC2=O)cc1. The van der Waals surface area contributed by atoms with Crippen LogP contribution in [0.5, 0.6) is 23.0 Å². The third kappa shape index (κ3) is 3.28. The van der Waals surface area contributed by atoms with Gasteiger partial charge in [-0.15, -0.1) is 0 Å². The lowest BCUT2D eigenvalue weighted by molar-refractivity contribution is -0.124. The number of rotatable bonds is 7. The van der Waals surface area contributed by atoms with Gasteiger partial charge in [0.2, 0.25) is 5.75 Å². The minimum Gasteiger partial charge on any atom is -0.497 e. The summed E-state index contributed by atoms with van der Waals surface area (Å²) in [5.41, 5.74) is 6.09. The fraction of sp³-hybridized carbons (Fsp3) is 0.300. The second-order valence-electron chi connectivity index (χ2n) is 6.25. The Labute approximate surface area is 163 Å². The van der Waals surface area contributed by atoms with Gasteiger partial charge in [0.1, 0.15) is 5.75 Å². The zero-order valence-corrected chi connectivity index (χ0v) is 16.2. The van der Waals surface area contributed by atoms with E-state index >= 15 is 0 Å². The molecule has 8 heteroatoms. The number of ether oxygens (including phenoxy) is 4. The van der Waals surface area contributed by atoms with Gasteiger partial charge in [0.25, 0.3) is 5.91 Å². The number of guanidine groups is 1. The van der Waals surface area contributed by atoms with Gasteiger partial charge in [0.15, 0.2) is 23.0 Å². The molecule has 0 fully saturated rings. The van der Waals surface area contributed by atoms with Crippen LogP contribution < -0.4 is 30.0 Å². The van der Waals surface area contributed by atoms with Gasteiger partial charge < -0.3 is 24.7 Å². The Morgan fingerprint density at radius 3 is 2.00 bits per heavy atom. The van der Waals surface area contributed by atoms with Crippen LogP contribution in [0.2, 0.25) is 0 Å². The highest BCUT2D eigenvalue weighted by Crippen LogP contribution is 2.41. The van der Waals surface area contributed by atoms with Gasteiger partial charge in [-0.25, -0.2) is 4.99 Å². The Bertz CT molecular complexity index is 886. The molecule has 1 heterocycles. The molecule has 0 bridgehead atoms. The fourth-order valence-electron chi connectivity index (χ4n) is 3.32. The zero-order valence-electron chi connectivity index (χ0n) is 16.2. The molecular weight excluding hydrogens is 362 g/mol. The molecule has 3 rings (SSSR count). The van der Waals surface area contributed by atoms with Crippen molar-refractivity contribution in [3.05, 3.63) is 47.5 Å². The predicted octanol–water partition coefficient (Wildman–Crippen LogP) is 1.60. The van der Waals surface area contributed by atoms with Crippen molar-refractivity contribution in [2.75, 3.05) is 28.4 Å². The van der Waals surface area contributed by atoms with E-state index in [9.17, 15) is 4.79 Å². The summed E-state index contributed by atoms with van der Waals surface area (Å²) >= 11 is 0. The molecule has 1 aliphatic heterocycles. The summed E-state index contributed by atoms with van der Waals surface area (Å²) in [5.74, 6) is 1.93. The minimum atomic E-state index is -1.21. The molecule has 0 spiro atoms. The highest BCUT2D eigenvalue weighted by Gasteiger charge is 2.45. The Hall–Kier alpha value is -3.42. The molecule has 0 saturated carbocycles. The molecule has 0 radical (unpaired) electrons. The largest absolute Gasteiger partial charge is 0.497 e. The summed E-state index contributed by atoms with van der Waals surface area (Å²) in [6.45, 7) is 0. The minimum absolute atomic E-state index is 0.0771. The van der Waals surface area contributed by atoms with Crippen molar-refractivity contribution in [1.82, 2.24) is 5.32 Å². The lowest BCUT2D eigenvalue weighted by atomic mass is 9.84. The van der Waals surface area contributed by atoms with Crippen LogP contribution in [-0.2, 0) is 16.8 Å². The molecule has 1 amide bonds. The van der Waals surface area contributed by atoms with Gasteiger partial charge in [-0.2, -0.15) is 0 Å². The lowest BCUT2D eigenvalue weighted by Gasteiger charge is -2.25. The Morgan fingerprint density at radius 1 is 0.964 bits per heavy atom. The summed E-state index contributed by atoms with van der Waals surface area (Å²) in [6, 6.07) is 10.8. The van der Waals surface area contributed by atoms with Crippen molar-refractivity contribution in [2.45, 2.75) is 12.0 Å². The molecule has 8 nitrogen and oxygen atoms in total. The summed E-state index contributed by atoms with van der Waals surface area (Å²) in [4.78, 5) is 17.3. The van der Waals surface area contributed by atoms with Gasteiger partial charge in [-0.1, -0.05) is 12.1 Å². The number of carbonyl (C=O) groups is 1. The molecule has 3 N–H and O–H groups in total. The van der Waals surface area contributed by atoms with Crippen molar-refractivity contribution in [1.29, 1.82) is 0 Å². The average Bonchev–Trinajstić information content (AvgIpc) is 3.00. The summed E-state index contributed by atoms with van der Waals surface area (Å²) < 4.78 is 21.4. The molecule has 2 aromatic carbocycles. The normalized spacial score (nSPS) is 18.3. The number of methoxy groups -OCH3 is 4. The number of nitrogens with two attached hydrogens (primary N) is 1. The van der Waals surface area contributed by atoms with Crippen LogP contribution in [0.25, 0.3) is 0 Å². The second kappa shape index (κ2) is 7.67. The molecule has 0 aromatic heterocycles. The molecule has 0 unspecified atom stereocenters. The van der Waals surface area contributed by atoms with Crippen molar-refractivity contribution in [2.24, 2.45) is 10.7 Å². The number of hydrogen-bond acceptors (Lipinski definition) is 7. The van der Waals surface area contributed by atoms with Crippen LogP contribution in [0.4, 0.5) is 0 Å². The van der Waals surface area contributed by atoms with E-state index in [1.807, 2.05) is 0 Å². The van der Waals surface area contributed by atoms with Crippen molar-refractivity contribution < 1.29 is 23.7 Å². The molecule has 0 saturated heterocycles. The monoisotopic (exact) mass is 385 g/mol. The van der Waals surface area contributed by atoms with E-state index in [-0.39, 0.29) is 18.3 Å². The van der Waals surface area contributed by atoms with Crippen LogP contribution in [-0.4, -0.2) is 40.3 Å². The van der Waals surface area contributed by atoms with E-state index in [2.05, 4.69) is 10.3 Å². The summed E-state index contributed by atoms with van der Waals surface area (Å²) in [7, 11) is 6.20. The van der Waals surface area contributed by atoms with Gasteiger partial charge in [0.05, 0.1) is 28.4 Å². The van der Waals surface area contributed by atoms with Gasteiger partial charge in [-0.3, -0.25) is 10.1 Å². The first kappa shape index (κ1) is 19.3. The number of amides is 1. The predicted molar refractivity (Wildman–Crippen MR) is 104 cm³/mol. The van der Waals surface area contributed by atoms with E-state index < -0.39 is 5.54 Å². The van der Waals surface area contributed by atoms with Gasteiger partial charge in [0, 0.05) is 6.42 Å². The quantitative estimate of drug-likeness (QED) is 0.750. The highest BCUT2D eigenvalue weighted by molar-refractivity contribution is 6.07. The van der Waals surface area contributed by atoms with Gasteiger partial charge >= 0.3 is 0 Å². The number of carbonyl (C=O) groups excluding carboxylic acids is 1. The maximum atomic E-state index is 12.9. The zero-order chi connectivity index (χ0) is 20.3. The highest BCUT2D eigenvalue weighted by atomic mass is 16.5. The Kier molecular flexibility index (Phi) is 5.30. The molecule has 1 atom stereocenters. The van der Waals surface area contributed by atoms with Crippen LogP contribution in [0, 0.1) is 0 Å². The molecule has 28 heavy (non-hydrogen) atoms. The Morgan fingerprint density at radius 2 is 1.57 bits per heavy atom. The first-order valence-corrected chi connectivity index (χ1v) is 8.57. The van der Waals surface area contributed by atoms with Crippen molar-refractivity contribution >= 4 is 11.9 Å². The van der Waals surface area contributed by atoms with Gasteiger partial charge in [-0.05, 0) is 35.4 Å². The number of benzene rings is 2. The van der Waals surface area contributed by atoms with Crippen LogP contribution in [0.15, 0.2) is 41.4 Å². The molecule has 0 aliphatic carbocycles. The number of hydrogen-bond donors (Lipinski definition) is 2. The van der Waals surface area contributed by atoms with E-state index in [1.54, 1.807) is 57.7 Å². The third-order valence-electron chi connectivity index (χ3n) is 4.68.